The van der Waals surface area contributed by atoms with Gasteiger partial charge in [0.05, 0.1) is 0 Å². The maximum Gasteiger partial charge on any atom is 0.272 e. The lowest BCUT2D eigenvalue weighted by atomic mass is 10.2. The fraction of sp³-hybridized carbons (Fsp3) is 0.0588. The number of nitrogens with one attached hydrogen (secondary N) is 3. The molecule has 0 spiro atoms. The molecular weight excluding hydrogens is 297 g/mol. The van der Waals surface area contributed by atoms with Crippen molar-refractivity contribution < 1.29 is 14.0 Å². The van der Waals surface area contributed by atoms with Crippen LogP contribution in [0.5, 0.6) is 0 Å². The Labute approximate surface area is 131 Å². The van der Waals surface area contributed by atoms with Gasteiger partial charge in [-0.1, -0.05) is 12.1 Å². The Balaban J connectivity index is 1.83. The van der Waals surface area contributed by atoms with Crippen molar-refractivity contribution in [2.45, 2.75) is 6.92 Å². The van der Waals surface area contributed by atoms with Crippen LogP contribution in [-0.2, 0) is 4.79 Å². The van der Waals surface area contributed by atoms with Crippen molar-refractivity contribution in [3.05, 3.63) is 60.0 Å². The van der Waals surface area contributed by atoms with Crippen LogP contribution >= 0.6 is 0 Å². The Hall–Kier alpha value is -3.15. The second-order valence-corrected chi connectivity index (χ2v) is 5.10. The number of halogens is 1. The summed E-state index contributed by atoms with van der Waals surface area (Å²) in [5, 5.41) is 5.71. The van der Waals surface area contributed by atoms with Gasteiger partial charge < -0.3 is 15.6 Å². The summed E-state index contributed by atoms with van der Waals surface area (Å²) in [4.78, 5) is 26.2. The minimum absolute atomic E-state index is 0.195. The number of carbonyl (C=O) groups is 2. The zero-order chi connectivity index (χ0) is 16.4. The summed E-state index contributed by atoms with van der Waals surface area (Å²) in [6.07, 6.45) is 0. The Morgan fingerprint density at radius 2 is 1.70 bits per heavy atom. The normalized spacial score (nSPS) is 10.5. The molecule has 6 heteroatoms. The van der Waals surface area contributed by atoms with E-state index in [-0.39, 0.29) is 23.3 Å². The van der Waals surface area contributed by atoms with Gasteiger partial charge in [0, 0.05) is 29.2 Å². The van der Waals surface area contributed by atoms with Gasteiger partial charge in [-0.05, 0) is 36.4 Å². The third-order valence-corrected chi connectivity index (χ3v) is 3.30. The number of amides is 2. The number of rotatable bonds is 3. The van der Waals surface area contributed by atoms with Gasteiger partial charge in [0.2, 0.25) is 5.91 Å². The third-order valence-electron chi connectivity index (χ3n) is 3.30. The number of hydrogen-bond acceptors (Lipinski definition) is 2. The van der Waals surface area contributed by atoms with E-state index in [1.807, 2.05) is 0 Å². The quantitative estimate of drug-likeness (QED) is 0.692. The number of aromatic nitrogens is 1. The Morgan fingerprint density at radius 1 is 1.00 bits per heavy atom. The summed E-state index contributed by atoms with van der Waals surface area (Å²) < 4.78 is 13.7. The first-order valence-electron chi connectivity index (χ1n) is 6.99. The molecule has 0 bridgehead atoms. The molecule has 2 amide bonds. The molecule has 1 aromatic heterocycles. The summed E-state index contributed by atoms with van der Waals surface area (Å²) >= 11 is 0. The van der Waals surface area contributed by atoms with Gasteiger partial charge in [0.25, 0.3) is 5.91 Å². The van der Waals surface area contributed by atoms with E-state index in [0.29, 0.717) is 22.3 Å². The molecule has 3 N–H and O–H groups in total. The SMILES string of the molecule is CC(=O)Nc1cccc(NC(=O)c2cc3c(F)cccc3[nH]2)c1. The van der Waals surface area contributed by atoms with E-state index < -0.39 is 0 Å². The van der Waals surface area contributed by atoms with Gasteiger partial charge in [-0.25, -0.2) is 4.39 Å². The highest BCUT2D eigenvalue weighted by atomic mass is 19.1. The fourth-order valence-corrected chi connectivity index (χ4v) is 2.32. The molecule has 23 heavy (non-hydrogen) atoms. The summed E-state index contributed by atoms with van der Waals surface area (Å²) in [5.41, 5.74) is 1.93. The third kappa shape index (κ3) is 3.21. The molecule has 0 aliphatic heterocycles. The van der Waals surface area contributed by atoms with Gasteiger partial charge in [0.15, 0.2) is 0 Å². The second kappa shape index (κ2) is 5.92. The Kier molecular flexibility index (Phi) is 3.80. The van der Waals surface area contributed by atoms with Crippen molar-refractivity contribution >= 4 is 34.1 Å². The molecule has 1 heterocycles. The van der Waals surface area contributed by atoms with Gasteiger partial charge >= 0.3 is 0 Å². The molecule has 5 nitrogen and oxygen atoms in total. The van der Waals surface area contributed by atoms with Crippen LogP contribution in [0.1, 0.15) is 17.4 Å². The van der Waals surface area contributed by atoms with Crippen LogP contribution in [0.4, 0.5) is 15.8 Å². The maximum atomic E-state index is 13.7. The van der Waals surface area contributed by atoms with Gasteiger partial charge in [0.1, 0.15) is 11.5 Å². The number of fused-ring (bicyclic) bond motifs is 1. The van der Waals surface area contributed by atoms with Crippen LogP contribution < -0.4 is 10.6 Å². The predicted octanol–water partition coefficient (Wildman–Crippen LogP) is 3.52. The topological polar surface area (TPSA) is 74.0 Å². The number of H-pyrrole nitrogens is 1. The standard InChI is InChI=1S/C17H14FN3O2/c1-10(22)19-11-4-2-5-12(8-11)20-17(23)16-9-13-14(18)6-3-7-15(13)21-16/h2-9,21H,1H3,(H,19,22)(H,20,23). The molecular formula is C17H14FN3O2. The zero-order valence-corrected chi connectivity index (χ0v) is 12.3. The highest BCUT2D eigenvalue weighted by Gasteiger charge is 2.12. The van der Waals surface area contributed by atoms with E-state index in [1.54, 1.807) is 36.4 Å². The molecule has 3 aromatic rings. The summed E-state index contributed by atoms with van der Waals surface area (Å²) in [6, 6.07) is 12.9. The largest absolute Gasteiger partial charge is 0.350 e. The van der Waals surface area contributed by atoms with Crippen molar-refractivity contribution in [2.75, 3.05) is 10.6 Å². The van der Waals surface area contributed by atoms with E-state index in [1.165, 1.54) is 19.1 Å². The fourth-order valence-electron chi connectivity index (χ4n) is 2.32. The van der Waals surface area contributed by atoms with Crippen LogP contribution in [0.25, 0.3) is 10.9 Å². The lowest BCUT2D eigenvalue weighted by Gasteiger charge is -2.07. The van der Waals surface area contributed by atoms with E-state index in [9.17, 15) is 14.0 Å². The molecule has 0 atom stereocenters. The van der Waals surface area contributed by atoms with Crippen LogP contribution in [0, 0.1) is 5.82 Å². The smallest absolute Gasteiger partial charge is 0.272 e. The highest BCUT2D eigenvalue weighted by molar-refractivity contribution is 6.06. The number of aromatic amines is 1. The van der Waals surface area contributed by atoms with Crippen LogP contribution in [0.2, 0.25) is 0 Å². The molecule has 0 unspecified atom stereocenters. The first kappa shape index (κ1) is 14.8. The van der Waals surface area contributed by atoms with Crippen molar-refractivity contribution in [2.24, 2.45) is 0 Å². The predicted molar refractivity (Wildman–Crippen MR) is 87.0 cm³/mol. The number of benzene rings is 2. The monoisotopic (exact) mass is 311 g/mol. The van der Waals surface area contributed by atoms with Crippen molar-refractivity contribution in [3.63, 3.8) is 0 Å². The summed E-state index contributed by atoms with van der Waals surface area (Å²) in [5.74, 6) is -0.967. The molecule has 2 aromatic carbocycles. The lowest BCUT2D eigenvalue weighted by Crippen LogP contribution is -2.12. The maximum absolute atomic E-state index is 13.7. The molecule has 0 aliphatic carbocycles. The van der Waals surface area contributed by atoms with Crippen molar-refractivity contribution in [1.82, 2.24) is 4.98 Å². The molecule has 0 saturated carbocycles. The molecule has 0 fully saturated rings. The molecule has 0 aliphatic rings. The van der Waals surface area contributed by atoms with Crippen molar-refractivity contribution in [3.8, 4) is 0 Å². The highest BCUT2D eigenvalue weighted by Crippen LogP contribution is 2.20. The molecule has 0 saturated heterocycles. The van der Waals surface area contributed by atoms with E-state index in [4.69, 9.17) is 0 Å². The molecule has 3 rings (SSSR count). The van der Waals surface area contributed by atoms with E-state index in [0.717, 1.165) is 0 Å². The summed E-state index contributed by atoms with van der Waals surface area (Å²) in [7, 11) is 0. The van der Waals surface area contributed by atoms with Gasteiger partial charge in [-0.2, -0.15) is 0 Å². The number of hydrogen-bond donors (Lipinski definition) is 3. The zero-order valence-electron chi connectivity index (χ0n) is 12.3. The second-order valence-electron chi connectivity index (χ2n) is 5.10. The minimum atomic E-state index is -0.388. The average Bonchev–Trinajstić information content (AvgIpc) is 2.92. The van der Waals surface area contributed by atoms with Crippen LogP contribution in [-0.4, -0.2) is 16.8 Å². The number of carbonyl (C=O) groups excluding carboxylic acids is 2. The first-order chi connectivity index (χ1) is 11.0. The van der Waals surface area contributed by atoms with Crippen LogP contribution in [0.3, 0.4) is 0 Å². The van der Waals surface area contributed by atoms with Crippen LogP contribution in [0.15, 0.2) is 48.5 Å². The van der Waals surface area contributed by atoms with E-state index in [2.05, 4.69) is 15.6 Å². The van der Waals surface area contributed by atoms with Crippen molar-refractivity contribution in [1.29, 1.82) is 0 Å². The Morgan fingerprint density at radius 3 is 2.39 bits per heavy atom. The van der Waals surface area contributed by atoms with Gasteiger partial charge in [-0.3, -0.25) is 9.59 Å². The summed E-state index contributed by atoms with van der Waals surface area (Å²) in [6.45, 7) is 1.41. The van der Waals surface area contributed by atoms with E-state index >= 15 is 0 Å². The first-order valence-corrected chi connectivity index (χ1v) is 6.99. The molecule has 116 valence electrons. The number of anilines is 2. The molecule has 0 radical (unpaired) electrons. The minimum Gasteiger partial charge on any atom is -0.350 e. The Bertz CT molecular complexity index is 902. The lowest BCUT2D eigenvalue weighted by molar-refractivity contribution is -0.114. The average molecular weight is 311 g/mol. The van der Waals surface area contributed by atoms with Gasteiger partial charge in [-0.15, -0.1) is 0 Å².